The standard InChI is InChI=1S/C40H39N11O3/c1-6-50-32(15-23(4)46-50)34(52)19-35-45-30-18-26(40(43)54)14-22(3)37(30)49(35)13-9-8-12-48-31-11-10-25(39(42)53)17-27(31)29-21-44-36(28(20-41)38(29)48)33-16-24(5)47-51(33)7-2/h8-11,14-18,21H,6-7,12-13,19H2,1-5H3,(H2,42,53)(H2,43,54)/b9-8+. The Kier molecular flexibility index (Phi) is 9.16. The largest absolute Gasteiger partial charge is 0.366 e. The molecule has 0 aliphatic heterocycles. The van der Waals surface area contributed by atoms with Gasteiger partial charge in [0, 0.05) is 59.8 Å². The number of pyridine rings is 1. The van der Waals surface area contributed by atoms with E-state index in [1.807, 2.05) is 72.7 Å². The maximum Gasteiger partial charge on any atom is 0.248 e. The molecule has 7 aromatic rings. The molecule has 54 heavy (non-hydrogen) atoms. The Morgan fingerprint density at radius 3 is 2.19 bits per heavy atom. The zero-order valence-corrected chi connectivity index (χ0v) is 30.7. The van der Waals surface area contributed by atoms with Crippen LogP contribution in [0.15, 0.2) is 60.8 Å². The number of carbonyl (C=O) groups is 3. The fraction of sp³-hybridized carbons (Fsp3) is 0.250. The molecule has 0 saturated carbocycles. The summed E-state index contributed by atoms with van der Waals surface area (Å²) in [5, 5.41) is 21.1. The molecule has 2 amide bonds. The number of nitrogens with zero attached hydrogens (tertiary/aromatic N) is 9. The number of fused-ring (bicyclic) bond motifs is 4. The number of rotatable bonds is 12. The van der Waals surface area contributed by atoms with Gasteiger partial charge in [0.15, 0.2) is 5.78 Å². The number of amides is 2. The van der Waals surface area contributed by atoms with Crippen molar-refractivity contribution in [2.75, 3.05) is 0 Å². The number of nitriles is 1. The molecule has 4 N–H and O–H groups in total. The highest BCUT2D eigenvalue weighted by atomic mass is 16.1. The van der Waals surface area contributed by atoms with E-state index in [0.717, 1.165) is 39.1 Å². The van der Waals surface area contributed by atoms with E-state index in [9.17, 15) is 19.6 Å². The first-order valence-electron chi connectivity index (χ1n) is 17.7. The molecule has 7 rings (SSSR count). The Morgan fingerprint density at radius 2 is 1.50 bits per heavy atom. The van der Waals surface area contributed by atoms with E-state index in [1.54, 1.807) is 41.2 Å². The number of imidazole rings is 1. The highest BCUT2D eigenvalue weighted by Gasteiger charge is 2.23. The van der Waals surface area contributed by atoms with Crippen LogP contribution in [0, 0.1) is 32.1 Å². The van der Waals surface area contributed by atoms with E-state index in [2.05, 4.69) is 16.3 Å². The number of allylic oxidation sites excluding steroid dienone is 2. The average Bonchev–Trinajstić information content (AvgIpc) is 3.90. The topological polar surface area (TPSA) is 198 Å². The van der Waals surface area contributed by atoms with Crippen LogP contribution in [-0.4, -0.2) is 56.3 Å². The second kappa shape index (κ2) is 13.9. The number of aryl methyl sites for hydroxylation is 5. The van der Waals surface area contributed by atoms with Gasteiger partial charge in [0.2, 0.25) is 11.8 Å². The van der Waals surface area contributed by atoms with E-state index in [0.29, 0.717) is 76.5 Å². The molecular formula is C40H39N11O3. The van der Waals surface area contributed by atoms with Gasteiger partial charge < -0.3 is 20.6 Å². The van der Waals surface area contributed by atoms with Crippen molar-refractivity contribution < 1.29 is 14.4 Å². The van der Waals surface area contributed by atoms with Crippen molar-refractivity contribution >= 4 is 50.4 Å². The molecule has 0 unspecified atom stereocenters. The highest BCUT2D eigenvalue weighted by molar-refractivity contribution is 6.12. The summed E-state index contributed by atoms with van der Waals surface area (Å²) in [7, 11) is 0. The van der Waals surface area contributed by atoms with Crippen LogP contribution in [0.3, 0.4) is 0 Å². The lowest BCUT2D eigenvalue weighted by Gasteiger charge is -2.11. The van der Waals surface area contributed by atoms with Crippen LogP contribution in [0.1, 0.15) is 73.4 Å². The van der Waals surface area contributed by atoms with Gasteiger partial charge in [-0.05, 0) is 82.6 Å². The third-order valence-electron chi connectivity index (χ3n) is 9.68. The van der Waals surface area contributed by atoms with Crippen LogP contribution in [0.4, 0.5) is 0 Å². The fourth-order valence-electron chi connectivity index (χ4n) is 7.31. The Bertz CT molecular complexity index is 2750. The van der Waals surface area contributed by atoms with E-state index in [4.69, 9.17) is 21.4 Å². The van der Waals surface area contributed by atoms with Crippen LogP contribution < -0.4 is 11.5 Å². The third-order valence-corrected chi connectivity index (χ3v) is 9.68. The quantitative estimate of drug-likeness (QED) is 0.125. The maximum absolute atomic E-state index is 13.7. The average molecular weight is 722 g/mol. The Balaban J connectivity index is 1.32. The van der Waals surface area contributed by atoms with E-state index in [-0.39, 0.29) is 12.2 Å². The number of aromatic nitrogens is 8. The Hall–Kier alpha value is -6.88. The molecular weight excluding hydrogens is 683 g/mol. The molecule has 0 saturated heterocycles. The lowest BCUT2D eigenvalue weighted by Crippen LogP contribution is -2.15. The first kappa shape index (κ1) is 35.5. The van der Waals surface area contributed by atoms with Crippen LogP contribution in [0.2, 0.25) is 0 Å². The number of hydrogen-bond acceptors (Lipinski definition) is 8. The van der Waals surface area contributed by atoms with Crippen LogP contribution in [-0.2, 0) is 32.6 Å². The van der Waals surface area contributed by atoms with Crippen molar-refractivity contribution in [2.45, 2.75) is 67.2 Å². The predicted molar refractivity (Wildman–Crippen MR) is 205 cm³/mol. The second-order valence-electron chi connectivity index (χ2n) is 13.3. The minimum atomic E-state index is -0.562. The fourth-order valence-corrected chi connectivity index (χ4v) is 7.31. The summed E-state index contributed by atoms with van der Waals surface area (Å²) in [6.07, 6.45) is 5.72. The molecule has 0 atom stereocenters. The van der Waals surface area contributed by atoms with Gasteiger partial charge in [0.1, 0.15) is 28.8 Å². The smallest absolute Gasteiger partial charge is 0.248 e. The highest BCUT2D eigenvalue weighted by Crippen LogP contribution is 2.36. The van der Waals surface area contributed by atoms with Crippen LogP contribution >= 0.6 is 0 Å². The predicted octanol–water partition coefficient (Wildman–Crippen LogP) is 5.32. The van der Waals surface area contributed by atoms with E-state index in [1.165, 1.54) is 0 Å². The van der Waals surface area contributed by atoms with Crippen LogP contribution in [0.5, 0.6) is 0 Å². The number of nitrogens with two attached hydrogens (primary N) is 2. The molecule has 0 fully saturated rings. The lowest BCUT2D eigenvalue weighted by atomic mass is 10.1. The van der Waals surface area contributed by atoms with Crippen molar-refractivity contribution in [3.8, 4) is 17.5 Å². The van der Waals surface area contributed by atoms with Gasteiger partial charge in [-0.2, -0.15) is 15.5 Å². The number of hydrogen-bond donors (Lipinski definition) is 2. The normalized spacial score (nSPS) is 11.7. The van der Waals surface area contributed by atoms with Crippen molar-refractivity contribution in [2.24, 2.45) is 11.5 Å². The minimum absolute atomic E-state index is 0.0171. The molecule has 0 aliphatic rings. The number of benzene rings is 2. The first-order valence-corrected chi connectivity index (χ1v) is 17.7. The zero-order valence-electron chi connectivity index (χ0n) is 30.7. The molecule has 0 spiro atoms. The maximum atomic E-state index is 13.7. The summed E-state index contributed by atoms with van der Waals surface area (Å²) >= 11 is 0. The number of carbonyl (C=O) groups excluding carboxylic acids is 3. The zero-order chi connectivity index (χ0) is 38.4. The van der Waals surface area contributed by atoms with Crippen LogP contribution in [0.25, 0.3) is 44.2 Å². The number of primary amides is 2. The monoisotopic (exact) mass is 721 g/mol. The lowest BCUT2D eigenvalue weighted by molar-refractivity contribution is 0.0975. The summed E-state index contributed by atoms with van der Waals surface area (Å²) in [5.74, 6) is -0.709. The molecule has 0 radical (unpaired) electrons. The second-order valence-corrected chi connectivity index (χ2v) is 13.3. The molecule has 5 aromatic heterocycles. The van der Waals surface area contributed by atoms with Gasteiger partial charge in [-0.1, -0.05) is 12.2 Å². The molecule has 272 valence electrons. The summed E-state index contributed by atoms with van der Waals surface area (Å²) in [6.45, 7) is 11.4. The molecule has 14 heteroatoms. The Labute approximate surface area is 310 Å². The molecule has 2 aromatic carbocycles. The van der Waals surface area contributed by atoms with Gasteiger partial charge in [-0.25, -0.2) is 4.98 Å². The minimum Gasteiger partial charge on any atom is -0.366 e. The molecule has 14 nitrogen and oxygen atoms in total. The molecule has 5 heterocycles. The summed E-state index contributed by atoms with van der Waals surface area (Å²) in [5.41, 5.74) is 19.3. The summed E-state index contributed by atoms with van der Waals surface area (Å²) < 4.78 is 7.52. The van der Waals surface area contributed by atoms with Crippen molar-refractivity contribution in [3.63, 3.8) is 0 Å². The number of Topliss-reactive ketones (excluding diaryl/α,β-unsaturated/α-hetero) is 1. The first-order chi connectivity index (χ1) is 25.9. The molecule has 0 bridgehead atoms. The third kappa shape index (κ3) is 6.09. The van der Waals surface area contributed by atoms with E-state index < -0.39 is 11.8 Å². The van der Waals surface area contributed by atoms with Gasteiger partial charge in [-0.15, -0.1) is 0 Å². The van der Waals surface area contributed by atoms with E-state index >= 15 is 0 Å². The van der Waals surface area contributed by atoms with Gasteiger partial charge in [0.05, 0.1) is 40.1 Å². The summed E-state index contributed by atoms with van der Waals surface area (Å²) in [4.78, 5) is 47.6. The number of ketones is 1. The van der Waals surface area contributed by atoms with Gasteiger partial charge >= 0.3 is 0 Å². The van der Waals surface area contributed by atoms with Gasteiger partial charge in [-0.3, -0.25) is 28.7 Å². The van der Waals surface area contributed by atoms with Crippen molar-refractivity contribution in [3.05, 3.63) is 106 Å². The SMILES string of the molecule is CCn1nc(C)cc1C(=O)Cc1nc2cc(C(N)=O)cc(C)c2n1C/C=C/Cn1c2ccc(C(N)=O)cc2c2cnc(-c3cc(C)nn3CC)c(C#N)c21. The Morgan fingerprint density at radius 1 is 0.815 bits per heavy atom. The van der Waals surface area contributed by atoms with Gasteiger partial charge in [0.25, 0.3) is 0 Å². The summed E-state index contributed by atoms with van der Waals surface area (Å²) in [6, 6.07) is 14.7. The molecule has 0 aliphatic carbocycles. The van der Waals surface area contributed by atoms with Crippen molar-refractivity contribution in [1.29, 1.82) is 5.26 Å². The van der Waals surface area contributed by atoms with Crippen molar-refractivity contribution in [1.82, 2.24) is 38.7 Å².